The van der Waals surface area contributed by atoms with Crippen molar-refractivity contribution >= 4 is 0 Å². The summed E-state index contributed by atoms with van der Waals surface area (Å²) in [5, 5.41) is 0. The highest BCUT2D eigenvalue weighted by Crippen LogP contribution is 2.57. The lowest BCUT2D eigenvalue weighted by atomic mass is 9.87. The van der Waals surface area contributed by atoms with E-state index in [1.807, 2.05) is 0 Å². The first-order valence-corrected chi connectivity index (χ1v) is 4.24. The molecular formula is C9H6F6. The number of allylic oxidation sites excluding steroid dienone is 4. The van der Waals surface area contributed by atoms with Crippen molar-refractivity contribution < 1.29 is 26.3 Å². The molecule has 2 aliphatic rings. The lowest BCUT2D eigenvalue weighted by Crippen LogP contribution is -2.37. The van der Waals surface area contributed by atoms with Gasteiger partial charge in [-0.1, -0.05) is 23.3 Å². The summed E-state index contributed by atoms with van der Waals surface area (Å²) in [7, 11) is 0. The fourth-order valence-corrected chi connectivity index (χ4v) is 2.22. The standard InChI is InChI=1S/C9H6F6/c10-8(11,12)6-4-1-2-5(3-4)7(6)9(13,14)15/h1-2,6-7H,3H2. The van der Waals surface area contributed by atoms with Crippen LogP contribution in [-0.4, -0.2) is 12.4 Å². The molecule has 2 rings (SSSR count). The summed E-state index contributed by atoms with van der Waals surface area (Å²) >= 11 is 0. The first-order valence-electron chi connectivity index (χ1n) is 4.24. The van der Waals surface area contributed by atoms with E-state index < -0.39 is 24.2 Å². The van der Waals surface area contributed by atoms with Crippen LogP contribution in [0.25, 0.3) is 0 Å². The van der Waals surface area contributed by atoms with Gasteiger partial charge in [0.15, 0.2) is 0 Å². The van der Waals surface area contributed by atoms with E-state index in [0.717, 1.165) is 12.2 Å². The molecule has 84 valence electrons. The molecule has 15 heavy (non-hydrogen) atoms. The van der Waals surface area contributed by atoms with Crippen molar-refractivity contribution in [3.63, 3.8) is 0 Å². The van der Waals surface area contributed by atoms with Gasteiger partial charge in [-0.05, 0) is 6.42 Å². The van der Waals surface area contributed by atoms with Gasteiger partial charge in [-0.15, -0.1) is 0 Å². The molecule has 1 fully saturated rings. The highest BCUT2D eigenvalue weighted by molar-refractivity contribution is 5.43. The lowest BCUT2D eigenvalue weighted by molar-refractivity contribution is -0.230. The van der Waals surface area contributed by atoms with Crippen LogP contribution in [-0.2, 0) is 0 Å². The maximum Gasteiger partial charge on any atom is 0.396 e. The number of rotatable bonds is 0. The smallest absolute Gasteiger partial charge is 0.170 e. The van der Waals surface area contributed by atoms with Crippen LogP contribution < -0.4 is 0 Å². The van der Waals surface area contributed by atoms with Crippen molar-refractivity contribution in [2.75, 3.05) is 0 Å². The Balaban J connectivity index is 2.38. The van der Waals surface area contributed by atoms with E-state index >= 15 is 0 Å². The van der Waals surface area contributed by atoms with Gasteiger partial charge in [-0.2, -0.15) is 26.3 Å². The molecule has 0 nitrogen and oxygen atoms in total. The molecule has 2 unspecified atom stereocenters. The summed E-state index contributed by atoms with van der Waals surface area (Å²) < 4.78 is 74.6. The molecular weight excluding hydrogens is 222 g/mol. The summed E-state index contributed by atoms with van der Waals surface area (Å²) in [6, 6.07) is 0. The molecule has 0 spiro atoms. The van der Waals surface area contributed by atoms with Crippen LogP contribution in [0, 0.1) is 11.8 Å². The van der Waals surface area contributed by atoms with Crippen molar-refractivity contribution in [1.82, 2.24) is 0 Å². The maximum atomic E-state index is 12.4. The number of halogens is 6. The van der Waals surface area contributed by atoms with Crippen molar-refractivity contribution in [3.8, 4) is 0 Å². The first kappa shape index (κ1) is 10.6. The van der Waals surface area contributed by atoms with Gasteiger partial charge in [-0.3, -0.25) is 0 Å². The van der Waals surface area contributed by atoms with Gasteiger partial charge in [0, 0.05) is 0 Å². The first-order chi connectivity index (χ1) is 6.71. The topological polar surface area (TPSA) is 0 Å². The van der Waals surface area contributed by atoms with Gasteiger partial charge >= 0.3 is 12.4 Å². The minimum atomic E-state index is -4.82. The van der Waals surface area contributed by atoms with Gasteiger partial charge in [0.1, 0.15) is 0 Å². The molecule has 2 atom stereocenters. The van der Waals surface area contributed by atoms with Crippen molar-refractivity contribution in [2.24, 2.45) is 11.8 Å². The Morgan fingerprint density at radius 2 is 1.13 bits per heavy atom. The Labute approximate surface area is 81.3 Å². The van der Waals surface area contributed by atoms with Gasteiger partial charge in [-0.25, -0.2) is 0 Å². The number of alkyl halides is 6. The third-order valence-electron chi connectivity index (χ3n) is 2.76. The van der Waals surface area contributed by atoms with Crippen LogP contribution in [0.3, 0.4) is 0 Å². The number of fused-ring (bicyclic) bond motifs is 2. The van der Waals surface area contributed by atoms with Gasteiger partial charge in [0.25, 0.3) is 0 Å². The second-order valence-corrected chi connectivity index (χ2v) is 3.70. The quantitative estimate of drug-likeness (QED) is 0.555. The third-order valence-corrected chi connectivity index (χ3v) is 2.76. The number of hydrogen-bond acceptors (Lipinski definition) is 0. The van der Waals surface area contributed by atoms with E-state index in [2.05, 4.69) is 0 Å². The molecule has 6 heteroatoms. The van der Waals surface area contributed by atoms with E-state index in [4.69, 9.17) is 0 Å². The lowest BCUT2D eigenvalue weighted by Gasteiger charge is -2.27. The highest BCUT2D eigenvalue weighted by atomic mass is 19.4. The minimum Gasteiger partial charge on any atom is -0.170 e. The molecule has 0 aromatic rings. The summed E-state index contributed by atoms with van der Waals surface area (Å²) in [4.78, 5) is 0. The van der Waals surface area contributed by atoms with Crippen molar-refractivity contribution in [3.05, 3.63) is 23.3 Å². The Bertz CT molecular complexity index is 309. The molecule has 0 aromatic carbocycles. The zero-order valence-corrected chi connectivity index (χ0v) is 7.28. The molecule has 0 radical (unpaired) electrons. The Kier molecular flexibility index (Phi) is 1.97. The molecule has 0 aliphatic heterocycles. The summed E-state index contributed by atoms with van der Waals surface area (Å²) in [6.45, 7) is 0. The molecule has 0 N–H and O–H groups in total. The van der Waals surface area contributed by atoms with E-state index in [0.29, 0.717) is 0 Å². The van der Waals surface area contributed by atoms with E-state index in [1.165, 1.54) is 0 Å². The molecule has 0 saturated heterocycles. The molecule has 1 saturated carbocycles. The van der Waals surface area contributed by atoms with Gasteiger partial charge in [0.05, 0.1) is 11.8 Å². The largest absolute Gasteiger partial charge is 0.396 e. The van der Waals surface area contributed by atoms with Gasteiger partial charge < -0.3 is 0 Å². The van der Waals surface area contributed by atoms with E-state index in [9.17, 15) is 26.3 Å². The fraction of sp³-hybridized carbons (Fsp3) is 0.556. The SMILES string of the molecule is FC(F)(F)C1C2=CC=C(C2)C1C(F)(F)F. The van der Waals surface area contributed by atoms with Crippen LogP contribution in [0.15, 0.2) is 23.3 Å². The maximum absolute atomic E-state index is 12.4. The second-order valence-electron chi connectivity index (χ2n) is 3.70. The van der Waals surface area contributed by atoms with Crippen LogP contribution in [0.2, 0.25) is 0 Å². The molecule has 0 aromatic heterocycles. The number of hydrogen-bond donors (Lipinski definition) is 0. The molecule has 0 heterocycles. The van der Waals surface area contributed by atoms with Gasteiger partial charge in [0.2, 0.25) is 0 Å². The molecule has 2 bridgehead atoms. The van der Waals surface area contributed by atoms with Crippen LogP contribution in [0.5, 0.6) is 0 Å². The third kappa shape index (κ3) is 1.55. The monoisotopic (exact) mass is 228 g/mol. The van der Waals surface area contributed by atoms with E-state index in [1.54, 1.807) is 0 Å². The zero-order chi connectivity index (χ0) is 11.4. The van der Waals surface area contributed by atoms with Crippen molar-refractivity contribution in [1.29, 1.82) is 0 Å². The molecule has 0 amide bonds. The zero-order valence-electron chi connectivity index (χ0n) is 7.28. The summed E-state index contributed by atoms with van der Waals surface area (Å²) in [5.74, 6) is -4.73. The predicted octanol–water partition coefficient (Wildman–Crippen LogP) is 3.61. The summed E-state index contributed by atoms with van der Waals surface area (Å²) in [5.41, 5.74) is -0.334. The average Bonchev–Trinajstić information content (AvgIpc) is 2.56. The van der Waals surface area contributed by atoms with Crippen LogP contribution >= 0.6 is 0 Å². The Morgan fingerprint density at radius 3 is 1.40 bits per heavy atom. The Morgan fingerprint density at radius 1 is 0.800 bits per heavy atom. The highest BCUT2D eigenvalue weighted by Gasteiger charge is 2.61. The minimum absolute atomic E-state index is 0.167. The average molecular weight is 228 g/mol. The van der Waals surface area contributed by atoms with Crippen molar-refractivity contribution in [2.45, 2.75) is 18.8 Å². The normalized spacial score (nSPS) is 30.5. The second kappa shape index (κ2) is 2.80. The van der Waals surface area contributed by atoms with E-state index in [-0.39, 0.29) is 17.6 Å². The van der Waals surface area contributed by atoms with Crippen LogP contribution in [0.1, 0.15) is 6.42 Å². The predicted molar refractivity (Wildman–Crippen MR) is 39.9 cm³/mol. The fourth-order valence-electron chi connectivity index (χ4n) is 2.22. The summed E-state index contributed by atoms with van der Waals surface area (Å²) in [6.07, 6.45) is -7.52. The molecule has 2 aliphatic carbocycles. The Hall–Kier alpha value is -0.940. The van der Waals surface area contributed by atoms with Crippen LogP contribution in [0.4, 0.5) is 26.3 Å².